The molecule has 1 unspecified atom stereocenters. The fourth-order valence-corrected chi connectivity index (χ4v) is 7.02. The Balaban J connectivity index is 1.44. The molecule has 1 fully saturated rings. The summed E-state index contributed by atoms with van der Waals surface area (Å²) in [6.45, 7) is 9.95. The van der Waals surface area contributed by atoms with Crippen molar-refractivity contribution in [3.8, 4) is 0 Å². The molecule has 0 amide bonds. The second-order valence-corrected chi connectivity index (χ2v) is 13.7. The lowest BCUT2D eigenvalue weighted by Gasteiger charge is -2.44. The van der Waals surface area contributed by atoms with Crippen molar-refractivity contribution in [2.45, 2.75) is 84.4 Å². The van der Waals surface area contributed by atoms with E-state index in [-0.39, 0.29) is 29.5 Å². The molecule has 1 heterocycles. The highest BCUT2D eigenvalue weighted by Crippen LogP contribution is 2.47. The number of hydrogen-bond donors (Lipinski definition) is 0. The number of ketones is 1. The van der Waals surface area contributed by atoms with Crippen LogP contribution in [-0.2, 0) is 33.8 Å². The molecule has 0 bridgehead atoms. The van der Waals surface area contributed by atoms with Gasteiger partial charge in [0.2, 0.25) is 0 Å². The molecule has 1 saturated heterocycles. The van der Waals surface area contributed by atoms with Gasteiger partial charge in [0.25, 0.3) is 0 Å². The zero-order valence-electron chi connectivity index (χ0n) is 27.2. The third-order valence-corrected chi connectivity index (χ3v) is 9.13. The molecule has 4 aromatic rings. The number of esters is 1. The highest BCUT2D eigenvalue weighted by atomic mass is 16.6. The summed E-state index contributed by atoms with van der Waals surface area (Å²) in [6.07, 6.45) is 3.23. The van der Waals surface area contributed by atoms with E-state index in [9.17, 15) is 9.59 Å². The molecule has 4 nitrogen and oxygen atoms in total. The molecule has 0 N–H and O–H groups in total. The maximum atomic E-state index is 14.2. The maximum absolute atomic E-state index is 14.2. The largest absolute Gasteiger partial charge is 0.458 e. The van der Waals surface area contributed by atoms with Gasteiger partial charge in [0.05, 0.1) is 0 Å². The van der Waals surface area contributed by atoms with Crippen LogP contribution in [0.5, 0.6) is 0 Å². The minimum Gasteiger partial charge on any atom is -0.458 e. The highest BCUT2D eigenvalue weighted by Gasteiger charge is 2.51. The molecule has 1 aliphatic rings. The summed E-state index contributed by atoms with van der Waals surface area (Å²) >= 11 is 0. The Labute approximate surface area is 269 Å². The minimum absolute atomic E-state index is 0.00326. The molecule has 45 heavy (non-hydrogen) atoms. The van der Waals surface area contributed by atoms with E-state index in [0.717, 1.165) is 37.2 Å². The van der Waals surface area contributed by atoms with Crippen molar-refractivity contribution >= 4 is 17.4 Å². The quantitative estimate of drug-likeness (QED) is 0.120. The second-order valence-electron chi connectivity index (χ2n) is 13.7. The lowest BCUT2D eigenvalue weighted by molar-refractivity contribution is -0.182. The molecule has 0 radical (unpaired) electrons. The van der Waals surface area contributed by atoms with Gasteiger partial charge in [-0.1, -0.05) is 137 Å². The number of benzene rings is 4. The van der Waals surface area contributed by atoms with E-state index in [0.29, 0.717) is 12.8 Å². The zero-order chi connectivity index (χ0) is 31.9. The second kappa shape index (κ2) is 14.3. The van der Waals surface area contributed by atoms with Crippen LogP contribution in [0.3, 0.4) is 0 Å². The summed E-state index contributed by atoms with van der Waals surface area (Å²) in [7, 11) is 0. The number of carbonyl (C=O) groups is 2. The summed E-state index contributed by atoms with van der Waals surface area (Å²) in [4.78, 5) is 30.5. The van der Waals surface area contributed by atoms with Crippen molar-refractivity contribution in [1.82, 2.24) is 0 Å². The average molecular weight is 602 g/mol. The van der Waals surface area contributed by atoms with Gasteiger partial charge in [-0.2, -0.15) is 0 Å². The van der Waals surface area contributed by atoms with Crippen LogP contribution in [0.15, 0.2) is 115 Å². The predicted octanol–water partition coefficient (Wildman–Crippen LogP) is 9.33. The summed E-state index contributed by atoms with van der Waals surface area (Å²) in [5, 5.41) is 0. The SMILES string of the molecule is CCC[C@@]1(CCc2ccccc2)CC(=O)C([C@@H](c2cccc(N(Cc3ccccc3)Cc3ccccc3)c2)C(C)(C)C)C(=O)O1. The number of Topliss-reactive ketones (excluding diaryl/α,β-unsaturated/α-hetero) is 1. The van der Waals surface area contributed by atoms with Gasteiger partial charge in [0.15, 0.2) is 5.78 Å². The van der Waals surface area contributed by atoms with Gasteiger partial charge in [-0.05, 0) is 59.1 Å². The Hall–Kier alpha value is -4.18. The Morgan fingerprint density at radius 1 is 0.756 bits per heavy atom. The third-order valence-electron chi connectivity index (χ3n) is 9.13. The fourth-order valence-electron chi connectivity index (χ4n) is 7.02. The van der Waals surface area contributed by atoms with Crippen LogP contribution >= 0.6 is 0 Å². The van der Waals surface area contributed by atoms with Crippen molar-refractivity contribution < 1.29 is 14.3 Å². The Kier molecular flexibility index (Phi) is 10.2. The number of hydrogen-bond acceptors (Lipinski definition) is 4. The number of cyclic esters (lactones) is 1. The standard InChI is InChI=1S/C41H47NO3/c1-5-25-41(26-24-31-16-9-6-10-17-31)28-36(43)37(39(44)45-41)38(40(2,3)4)34-22-15-23-35(27-34)42(29-32-18-11-7-12-19-32)30-33-20-13-8-14-21-33/h6-23,27,37-38H,5,24-26,28-30H2,1-4H3/t37?,38-,41-/m1/s1. The van der Waals surface area contributed by atoms with Gasteiger partial charge in [-0.15, -0.1) is 0 Å². The molecule has 4 heteroatoms. The van der Waals surface area contributed by atoms with Crippen LogP contribution < -0.4 is 4.90 Å². The topological polar surface area (TPSA) is 46.6 Å². The first-order chi connectivity index (χ1) is 21.7. The van der Waals surface area contributed by atoms with Gasteiger partial charge in [0, 0.05) is 31.1 Å². The molecule has 1 aliphatic heterocycles. The molecule has 234 valence electrons. The summed E-state index contributed by atoms with van der Waals surface area (Å²) in [5.74, 6) is -1.52. The number of anilines is 1. The number of aryl methyl sites for hydroxylation is 1. The zero-order valence-corrected chi connectivity index (χ0v) is 27.2. The van der Waals surface area contributed by atoms with E-state index in [1.807, 2.05) is 30.3 Å². The normalized spacial score (nSPS) is 19.2. The first-order valence-corrected chi connectivity index (χ1v) is 16.4. The third kappa shape index (κ3) is 8.11. The molecule has 3 atom stereocenters. The van der Waals surface area contributed by atoms with Crippen LogP contribution in [0, 0.1) is 11.3 Å². The van der Waals surface area contributed by atoms with E-state index in [2.05, 4.69) is 118 Å². The molecule has 4 aromatic carbocycles. The first-order valence-electron chi connectivity index (χ1n) is 16.4. The number of rotatable bonds is 12. The van der Waals surface area contributed by atoms with Crippen molar-refractivity contribution in [3.05, 3.63) is 138 Å². The predicted molar refractivity (Wildman–Crippen MR) is 183 cm³/mol. The Morgan fingerprint density at radius 3 is 1.82 bits per heavy atom. The van der Waals surface area contributed by atoms with Gasteiger partial charge in [-0.3, -0.25) is 9.59 Å². The van der Waals surface area contributed by atoms with E-state index in [4.69, 9.17) is 4.74 Å². The van der Waals surface area contributed by atoms with Crippen molar-refractivity contribution in [2.75, 3.05) is 4.90 Å². The average Bonchev–Trinajstić information content (AvgIpc) is 3.03. The summed E-state index contributed by atoms with van der Waals surface area (Å²) in [6, 6.07) is 39.7. The van der Waals surface area contributed by atoms with Gasteiger partial charge in [-0.25, -0.2) is 0 Å². The van der Waals surface area contributed by atoms with E-state index >= 15 is 0 Å². The Bertz CT molecular complexity index is 1480. The first kappa shape index (κ1) is 32.2. The van der Waals surface area contributed by atoms with E-state index in [1.54, 1.807) is 0 Å². The van der Waals surface area contributed by atoms with Crippen molar-refractivity contribution in [3.63, 3.8) is 0 Å². The van der Waals surface area contributed by atoms with Crippen LogP contribution in [0.1, 0.15) is 81.5 Å². The molecule has 0 aliphatic carbocycles. The molecule has 0 spiro atoms. The minimum atomic E-state index is -0.835. The highest BCUT2D eigenvalue weighted by molar-refractivity contribution is 6.02. The van der Waals surface area contributed by atoms with Gasteiger partial charge < -0.3 is 9.64 Å². The van der Waals surface area contributed by atoms with Gasteiger partial charge >= 0.3 is 5.97 Å². The van der Waals surface area contributed by atoms with Crippen molar-refractivity contribution in [2.24, 2.45) is 11.3 Å². The monoisotopic (exact) mass is 601 g/mol. The van der Waals surface area contributed by atoms with E-state index < -0.39 is 11.5 Å². The summed E-state index contributed by atoms with van der Waals surface area (Å²) < 4.78 is 6.38. The fraction of sp³-hybridized carbons (Fsp3) is 0.366. The van der Waals surface area contributed by atoms with E-state index in [1.165, 1.54) is 16.7 Å². The molecular formula is C41H47NO3. The lowest BCUT2D eigenvalue weighted by atomic mass is 9.65. The molecular weight excluding hydrogens is 554 g/mol. The van der Waals surface area contributed by atoms with Crippen molar-refractivity contribution in [1.29, 1.82) is 0 Å². The van der Waals surface area contributed by atoms with Crippen LogP contribution in [0.2, 0.25) is 0 Å². The van der Waals surface area contributed by atoms with Crippen LogP contribution in [-0.4, -0.2) is 17.4 Å². The smallest absolute Gasteiger partial charge is 0.317 e. The number of ether oxygens (including phenoxy) is 1. The van der Waals surface area contributed by atoms with Crippen LogP contribution in [0.25, 0.3) is 0 Å². The lowest BCUT2D eigenvalue weighted by Crippen LogP contribution is -2.51. The number of carbonyl (C=O) groups excluding carboxylic acids is 2. The van der Waals surface area contributed by atoms with Crippen LogP contribution in [0.4, 0.5) is 5.69 Å². The molecule has 0 saturated carbocycles. The molecule has 5 rings (SSSR count). The number of nitrogens with zero attached hydrogens (tertiary/aromatic N) is 1. The van der Waals surface area contributed by atoms with Gasteiger partial charge in [0.1, 0.15) is 11.5 Å². The maximum Gasteiger partial charge on any atom is 0.317 e. The molecule has 0 aromatic heterocycles. The Morgan fingerprint density at radius 2 is 1.31 bits per heavy atom. The summed E-state index contributed by atoms with van der Waals surface area (Å²) in [5.41, 5.74) is 4.60.